The van der Waals surface area contributed by atoms with E-state index in [0.717, 1.165) is 22.2 Å². The van der Waals surface area contributed by atoms with Gasteiger partial charge < -0.3 is 15.6 Å². The van der Waals surface area contributed by atoms with Crippen molar-refractivity contribution in [2.45, 2.75) is 20.8 Å². The molecule has 0 saturated carbocycles. The van der Waals surface area contributed by atoms with Crippen LogP contribution in [0.15, 0.2) is 42.5 Å². The number of rotatable bonds is 4. The van der Waals surface area contributed by atoms with E-state index in [9.17, 15) is 9.59 Å². The number of hydrogen-bond acceptors (Lipinski definition) is 2. The molecule has 0 radical (unpaired) electrons. The average Bonchev–Trinajstić information content (AvgIpc) is 2.89. The Bertz CT molecular complexity index is 957. The summed E-state index contributed by atoms with van der Waals surface area (Å²) < 4.78 is 0. The first-order valence-corrected chi connectivity index (χ1v) is 8.28. The fraction of sp³-hybridized carbons (Fsp3) is 0.200. The molecule has 5 heteroatoms. The van der Waals surface area contributed by atoms with Gasteiger partial charge in [0.05, 0.1) is 0 Å². The Kier molecular flexibility index (Phi) is 4.57. The molecule has 2 aromatic carbocycles. The van der Waals surface area contributed by atoms with Crippen LogP contribution in [0.4, 0.5) is 5.69 Å². The van der Waals surface area contributed by atoms with Gasteiger partial charge in [0.1, 0.15) is 0 Å². The highest BCUT2D eigenvalue weighted by molar-refractivity contribution is 6.07. The van der Waals surface area contributed by atoms with E-state index in [1.165, 1.54) is 0 Å². The van der Waals surface area contributed by atoms with Crippen LogP contribution in [0.5, 0.6) is 0 Å². The van der Waals surface area contributed by atoms with Gasteiger partial charge in [-0.05, 0) is 62.7 Å². The number of carbonyl (C=O) groups excluding carboxylic acids is 2. The number of aromatic nitrogens is 1. The van der Waals surface area contributed by atoms with Crippen LogP contribution >= 0.6 is 0 Å². The van der Waals surface area contributed by atoms with Crippen molar-refractivity contribution in [3.05, 3.63) is 64.8 Å². The average molecular weight is 335 g/mol. The molecule has 0 fully saturated rings. The summed E-state index contributed by atoms with van der Waals surface area (Å²) in [6.07, 6.45) is 0. The van der Waals surface area contributed by atoms with E-state index in [0.29, 0.717) is 23.4 Å². The van der Waals surface area contributed by atoms with E-state index in [1.54, 1.807) is 30.3 Å². The summed E-state index contributed by atoms with van der Waals surface area (Å²) in [7, 11) is 0. The Morgan fingerprint density at radius 1 is 1.00 bits per heavy atom. The van der Waals surface area contributed by atoms with Crippen LogP contribution in [0.1, 0.15) is 38.9 Å². The van der Waals surface area contributed by atoms with Crippen molar-refractivity contribution in [2.24, 2.45) is 0 Å². The van der Waals surface area contributed by atoms with Gasteiger partial charge in [-0.3, -0.25) is 9.59 Å². The number of hydrogen-bond donors (Lipinski definition) is 3. The zero-order valence-electron chi connectivity index (χ0n) is 14.6. The summed E-state index contributed by atoms with van der Waals surface area (Å²) in [5, 5.41) is 6.65. The molecule has 0 saturated heterocycles. The van der Waals surface area contributed by atoms with Gasteiger partial charge >= 0.3 is 0 Å². The number of carbonyl (C=O) groups is 2. The summed E-state index contributed by atoms with van der Waals surface area (Å²) in [6, 6.07) is 12.5. The van der Waals surface area contributed by atoms with E-state index in [2.05, 4.69) is 15.6 Å². The first kappa shape index (κ1) is 16.8. The standard InChI is InChI=1S/C20H21N3O2/c1-4-21-19(24)14-6-5-7-16(10-14)23-20(25)15-8-9-18-17(11-15)12(2)13(3)22-18/h5-11,22H,4H2,1-3H3,(H,21,24)(H,23,25). The van der Waals surface area contributed by atoms with E-state index in [4.69, 9.17) is 0 Å². The number of aryl methyl sites for hydroxylation is 2. The quantitative estimate of drug-likeness (QED) is 0.679. The maximum Gasteiger partial charge on any atom is 0.255 e. The third-order valence-corrected chi connectivity index (χ3v) is 4.29. The van der Waals surface area contributed by atoms with Crippen LogP contribution in [-0.2, 0) is 0 Å². The smallest absolute Gasteiger partial charge is 0.255 e. The molecule has 25 heavy (non-hydrogen) atoms. The Labute approximate surface area is 146 Å². The number of H-pyrrole nitrogens is 1. The molecule has 1 aromatic heterocycles. The normalized spacial score (nSPS) is 10.7. The largest absolute Gasteiger partial charge is 0.358 e. The SMILES string of the molecule is CCNC(=O)c1cccc(NC(=O)c2ccc3[nH]c(C)c(C)c3c2)c1. The number of aromatic amines is 1. The topological polar surface area (TPSA) is 74.0 Å². The van der Waals surface area contributed by atoms with Gasteiger partial charge in [0, 0.05) is 40.0 Å². The molecular weight excluding hydrogens is 314 g/mol. The van der Waals surface area contributed by atoms with Gasteiger partial charge in [-0.15, -0.1) is 0 Å². The highest BCUT2D eigenvalue weighted by Crippen LogP contribution is 2.23. The maximum atomic E-state index is 12.6. The lowest BCUT2D eigenvalue weighted by atomic mass is 10.1. The molecule has 1 heterocycles. The molecule has 3 aromatic rings. The minimum Gasteiger partial charge on any atom is -0.358 e. The molecule has 0 aliphatic carbocycles. The molecule has 0 aliphatic heterocycles. The van der Waals surface area contributed by atoms with Crippen molar-refractivity contribution >= 4 is 28.4 Å². The van der Waals surface area contributed by atoms with Crippen LogP contribution in [0.25, 0.3) is 10.9 Å². The van der Waals surface area contributed by atoms with Crippen LogP contribution in [0, 0.1) is 13.8 Å². The molecule has 0 aliphatic rings. The third kappa shape index (κ3) is 3.40. The molecule has 0 unspecified atom stereocenters. The summed E-state index contributed by atoms with van der Waals surface area (Å²) >= 11 is 0. The summed E-state index contributed by atoms with van der Waals surface area (Å²) in [6.45, 7) is 6.48. The third-order valence-electron chi connectivity index (χ3n) is 4.29. The first-order valence-electron chi connectivity index (χ1n) is 8.28. The molecular formula is C20H21N3O2. The van der Waals surface area contributed by atoms with Crippen LogP contribution in [0.2, 0.25) is 0 Å². The van der Waals surface area contributed by atoms with E-state index < -0.39 is 0 Å². The van der Waals surface area contributed by atoms with Gasteiger partial charge in [-0.25, -0.2) is 0 Å². The lowest BCUT2D eigenvalue weighted by Gasteiger charge is -2.08. The van der Waals surface area contributed by atoms with E-state index >= 15 is 0 Å². The van der Waals surface area contributed by atoms with Crippen molar-refractivity contribution < 1.29 is 9.59 Å². The minimum atomic E-state index is -0.201. The number of benzene rings is 2. The predicted molar refractivity (Wildman–Crippen MR) is 100 cm³/mol. The molecule has 3 N–H and O–H groups in total. The van der Waals surface area contributed by atoms with E-state index in [1.807, 2.05) is 32.9 Å². The second-order valence-corrected chi connectivity index (χ2v) is 6.03. The van der Waals surface area contributed by atoms with Gasteiger partial charge in [-0.1, -0.05) is 6.07 Å². The lowest BCUT2D eigenvalue weighted by molar-refractivity contribution is 0.0954. The highest BCUT2D eigenvalue weighted by Gasteiger charge is 2.11. The second kappa shape index (κ2) is 6.81. The zero-order valence-corrected chi connectivity index (χ0v) is 14.6. The number of fused-ring (bicyclic) bond motifs is 1. The van der Waals surface area contributed by atoms with Gasteiger partial charge in [0.25, 0.3) is 11.8 Å². The summed E-state index contributed by atoms with van der Waals surface area (Å²) in [4.78, 5) is 27.8. The Hall–Kier alpha value is -3.08. The molecule has 0 spiro atoms. The summed E-state index contributed by atoms with van der Waals surface area (Å²) in [5.74, 6) is -0.355. The second-order valence-electron chi connectivity index (χ2n) is 6.03. The number of anilines is 1. The fourth-order valence-electron chi connectivity index (χ4n) is 2.81. The van der Waals surface area contributed by atoms with Crippen molar-refractivity contribution in [3.63, 3.8) is 0 Å². The Morgan fingerprint density at radius 2 is 1.76 bits per heavy atom. The van der Waals surface area contributed by atoms with Gasteiger partial charge in [0.2, 0.25) is 0 Å². The van der Waals surface area contributed by atoms with Crippen molar-refractivity contribution in [1.82, 2.24) is 10.3 Å². The van der Waals surface area contributed by atoms with Crippen molar-refractivity contribution in [1.29, 1.82) is 0 Å². The van der Waals surface area contributed by atoms with Crippen LogP contribution < -0.4 is 10.6 Å². The van der Waals surface area contributed by atoms with Crippen molar-refractivity contribution in [3.8, 4) is 0 Å². The highest BCUT2D eigenvalue weighted by atomic mass is 16.2. The molecule has 3 rings (SSSR count). The Balaban J connectivity index is 1.84. The monoisotopic (exact) mass is 335 g/mol. The van der Waals surface area contributed by atoms with E-state index in [-0.39, 0.29) is 11.8 Å². The molecule has 128 valence electrons. The van der Waals surface area contributed by atoms with Crippen LogP contribution in [0.3, 0.4) is 0 Å². The maximum absolute atomic E-state index is 12.6. The van der Waals surface area contributed by atoms with Gasteiger partial charge in [0.15, 0.2) is 0 Å². The van der Waals surface area contributed by atoms with Crippen LogP contribution in [-0.4, -0.2) is 23.3 Å². The predicted octanol–water partition coefficient (Wildman–Crippen LogP) is 3.79. The summed E-state index contributed by atoms with van der Waals surface area (Å²) in [5.41, 5.74) is 4.95. The van der Waals surface area contributed by atoms with Gasteiger partial charge in [-0.2, -0.15) is 0 Å². The van der Waals surface area contributed by atoms with Crippen molar-refractivity contribution in [2.75, 3.05) is 11.9 Å². The fourth-order valence-corrected chi connectivity index (χ4v) is 2.81. The lowest BCUT2D eigenvalue weighted by Crippen LogP contribution is -2.22. The molecule has 5 nitrogen and oxygen atoms in total. The Morgan fingerprint density at radius 3 is 2.52 bits per heavy atom. The molecule has 2 amide bonds. The number of nitrogens with one attached hydrogen (secondary N) is 3. The first-order chi connectivity index (χ1) is 12.0. The molecule has 0 atom stereocenters. The molecule has 0 bridgehead atoms. The minimum absolute atomic E-state index is 0.154. The zero-order chi connectivity index (χ0) is 18.0. The number of amides is 2.